The lowest BCUT2D eigenvalue weighted by atomic mass is 9.97. The molecule has 2 atom stereocenters. The van der Waals surface area contributed by atoms with E-state index in [1.165, 1.54) is 38.5 Å². The molecule has 8 heteroatoms. The van der Waals surface area contributed by atoms with E-state index in [2.05, 4.69) is 6.92 Å². The highest BCUT2D eigenvalue weighted by Gasteiger charge is 2.29. The van der Waals surface area contributed by atoms with Gasteiger partial charge in [0.1, 0.15) is 0 Å². The summed E-state index contributed by atoms with van der Waals surface area (Å²) in [4.78, 5) is 39.9. The summed E-state index contributed by atoms with van der Waals surface area (Å²) in [6.45, 7) is 5.93. The Hall–Kier alpha value is -1.70. The number of aliphatic carboxylic acids is 1. The number of nitrogens with zero attached hydrogens (tertiary/aromatic N) is 2. The maximum atomic E-state index is 15.4. The summed E-state index contributed by atoms with van der Waals surface area (Å²) >= 11 is 0. The highest BCUT2D eigenvalue weighted by Crippen LogP contribution is 2.23. The first kappa shape index (κ1) is 44.3. The molecule has 0 saturated carbocycles. The predicted octanol–water partition coefficient (Wildman–Crippen LogP) is 9.89. The summed E-state index contributed by atoms with van der Waals surface area (Å²) < 4.78 is 20.4. The SMILES string of the molecule is CCCCCCCCCCN(C(=O)C(F)CCCN(C)C)C(CCCCCCCCC(=O)O)CCCCCCCCC(=O)OCC. The van der Waals surface area contributed by atoms with Crippen LogP contribution >= 0.6 is 0 Å². The van der Waals surface area contributed by atoms with Crippen molar-refractivity contribution >= 4 is 17.8 Å². The molecule has 0 aromatic rings. The monoisotopic (exact) mass is 657 g/mol. The van der Waals surface area contributed by atoms with Crippen LogP contribution in [-0.2, 0) is 19.1 Å². The third kappa shape index (κ3) is 27.4. The lowest BCUT2D eigenvalue weighted by molar-refractivity contribution is -0.143. The zero-order valence-corrected chi connectivity index (χ0v) is 30.5. The second-order valence-corrected chi connectivity index (χ2v) is 13.6. The van der Waals surface area contributed by atoms with Crippen molar-refractivity contribution < 1.29 is 28.6 Å². The second kappa shape index (κ2) is 31.9. The van der Waals surface area contributed by atoms with Crippen molar-refractivity contribution in [3.8, 4) is 0 Å². The minimum atomic E-state index is -1.44. The van der Waals surface area contributed by atoms with Crippen LogP contribution in [0.1, 0.15) is 181 Å². The molecule has 0 aromatic carbocycles. The van der Waals surface area contributed by atoms with Gasteiger partial charge in [0.05, 0.1) is 6.61 Å². The van der Waals surface area contributed by atoms with E-state index in [1.807, 2.05) is 30.8 Å². The van der Waals surface area contributed by atoms with Crippen LogP contribution in [-0.4, -0.2) is 78.8 Å². The number of esters is 1. The van der Waals surface area contributed by atoms with E-state index in [0.29, 0.717) is 26.0 Å². The van der Waals surface area contributed by atoms with Crippen molar-refractivity contribution in [3.63, 3.8) is 0 Å². The summed E-state index contributed by atoms with van der Waals surface area (Å²) in [5.41, 5.74) is 0. The molecule has 7 nitrogen and oxygen atoms in total. The van der Waals surface area contributed by atoms with Crippen LogP contribution < -0.4 is 0 Å². The minimum absolute atomic E-state index is 0.0694. The van der Waals surface area contributed by atoms with Gasteiger partial charge in [0.2, 0.25) is 0 Å². The zero-order valence-electron chi connectivity index (χ0n) is 30.5. The molecule has 0 aliphatic carbocycles. The van der Waals surface area contributed by atoms with Crippen molar-refractivity contribution in [1.82, 2.24) is 9.80 Å². The van der Waals surface area contributed by atoms with Gasteiger partial charge in [-0.3, -0.25) is 14.4 Å². The summed E-state index contributed by atoms with van der Waals surface area (Å²) in [6, 6.07) is 0.0694. The molecule has 1 N–H and O–H groups in total. The average Bonchev–Trinajstić information content (AvgIpc) is 3.01. The van der Waals surface area contributed by atoms with Crippen LogP contribution in [0.2, 0.25) is 0 Å². The van der Waals surface area contributed by atoms with Crippen LogP contribution in [0.3, 0.4) is 0 Å². The van der Waals surface area contributed by atoms with Gasteiger partial charge in [0, 0.05) is 25.4 Å². The van der Waals surface area contributed by atoms with Gasteiger partial charge in [-0.2, -0.15) is 0 Å². The Balaban J connectivity index is 5.14. The van der Waals surface area contributed by atoms with Gasteiger partial charge in [-0.15, -0.1) is 0 Å². The molecule has 0 aliphatic rings. The summed E-state index contributed by atoms with van der Waals surface area (Å²) in [5, 5.41) is 8.86. The number of carboxylic acids is 1. The third-order valence-corrected chi connectivity index (χ3v) is 8.96. The molecule has 46 heavy (non-hydrogen) atoms. The molecule has 0 aromatic heterocycles. The van der Waals surface area contributed by atoms with E-state index in [4.69, 9.17) is 9.84 Å². The van der Waals surface area contributed by atoms with E-state index >= 15 is 4.39 Å². The quantitative estimate of drug-likeness (QED) is 0.0548. The number of carbonyl (C=O) groups is 3. The largest absolute Gasteiger partial charge is 0.481 e. The number of unbranched alkanes of at least 4 members (excludes halogenated alkanes) is 17. The normalized spacial score (nSPS) is 12.7. The first-order valence-electron chi connectivity index (χ1n) is 19.2. The fourth-order valence-electron chi connectivity index (χ4n) is 6.19. The fourth-order valence-corrected chi connectivity index (χ4v) is 6.19. The Morgan fingerprint density at radius 2 is 1.09 bits per heavy atom. The summed E-state index contributed by atoms with van der Waals surface area (Å²) in [6.07, 6.45) is 23.6. The first-order chi connectivity index (χ1) is 22.2. The van der Waals surface area contributed by atoms with Crippen LogP contribution in [0.4, 0.5) is 4.39 Å². The van der Waals surface area contributed by atoms with Crippen molar-refractivity contribution in [3.05, 3.63) is 0 Å². The number of amides is 1. The van der Waals surface area contributed by atoms with Crippen LogP contribution in [0, 0.1) is 0 Å². The number of alkyl halides is 1. The molecule has 0 spiro atoms. The number of hydrogen-bond donors (Lipinski definition) is 1. The smallest absolute Gasteiger partial charge is 0.305 e. The average molecular weight is 657 g/mol. The molecule has 0 saturated heterocycles. The molecule has 1 amide bonds. The number of rotatable bonds is 34. The first-order valence-corrected chi connectivity index (χ1v) is 19.2. The molecular weight excluding hydrogens is 583 g/mol. The standard InChI is InChI=1S/C38H73FN2O5/c1-5-7-8-9-10-15-20-25-33-41(38(45)35(39)29-26-32-40(3)4)34(27-21-16-11-13-18-23-30-36(42)43)28-22-17-12-14-19-24-31-37(44)46-6-2/h34-35H,5-33H2,1-4H3,(H,42,43). The number of carboxylic acid groups (broad SMARTS) is 1. The van der Waals surface area contributed by atoms with Gasteiger partial charge in [-0.25, -0.2) is 4.39 Å². The number of hydrogen-bond acceptors (Lipinski definition) is 5. The molecule has 0 bridgehead atoms. The van der Waals surface area contributed by atoms with Gasteiger partial charge in [0.25, 0.3) is 5.91 Å². The Labute approximate surface area is 282 Å². The molecule has 0 rings (SSSR count). The van der Waals surface area contributed by atoms with Crippen molar-refractivity contribution in [1.29, 1.82) is 0 Å². The van der Waals surface area contributed by atoms with Crippen molar-refractivity contribution in [2.45, 2.75) is 193 Å². The molecule has 0 aliphatic heterocycles. The lowest BCUT2D eigenvalue weighted by Crippen LogP contribution is -2.45. The van der Waals surface area contributed by atoms with Crippen molar-refractivity contribution in [2.75, 3.05) is 33.8 Å². The Morgan fingerprint density at radius 3 is 1.59 bits per heavy atom. The van der Waals surface area contributed by atoms with Crippen LogP contribution in [0.15, 0.2) is 0 Å². The maximum Gasteiger partial charge on any atom is 0.305 e. The maximum absolute atomic E-state index is 15.4. The van der Waals surface area contributed by atoms with Gasteiger partial charge >= 0.3 is 11.9 Å². The highest BCUT2D eigenvalue weighted by molar-refractivity contribution is 5.81. The number of halogens is 1. The second-order valence-electron chi connectivity index (χ2n) is 13.6. The minimum Gasteiger partial charge on any atom is -0.481 e. The van der Waals surface area contributed by atoms with Gasteiger partial charge in [-0.05, 0) is 72.5 Å². The molecule has 2 unspecified atom stereocenters. The van der Waals surface area contributed by atoms with Gasteiger partial charge in [0.15, 0.2) is 6.17 Å². The molecule has 0 radical (unpaired) electrons. The van der Waals surface area contributed by atoms with E-state index in [1.54, 1.807) is 0 Å². The third-order valence-electron chi connectivity index (χ3n) is 8.96. The van der Waals surface area contributed by atoms with E-state index in [9.17, 15) is 14.4 Å². The van der Waals surface area contributed by atoms with E-state index < -0.39 is 12.1 Å². The molecule has 0 heterocycles. The molecule has 272 valence electrons. The van der Waals surface area contributed by atoms with Crippen LogP contribution in [0.5, 0.6) is 0 Å². The van der Waals surface area contributed by atoms with Gasteiger partial charge in [-0.1, -0.05) is 116 Å². The number of ether oxygens (including phenoxy) is 1. The Kier molecular flexibility index (Phi) is 30.7. The lowest BCUT2D eigenvalue weighted by Gasteiger charge is -2.33. The number of carbonyl (C=O) groups excluding carboxylic acids is 2. The van der Waals surface area contributed by atoms with Gasteiger partial charge < -0.3 is 19.6 Å². The summed E-state index contributed by atoms with van der Waals surface area (Å²) in [5.74, 6) is -1.15. The zero-order chi connectivity index (χ0) is 34.3. The van der Waals surface area contributed by atoms with E-state index in [-0.39, 0.29) is 30.8 Å². The summed E-state index contributed by atoms with van der Waals surface area (Å²) in [7, 11) is 3.96. The van der Waals surface area contributed by atoms with Crippen LogP contribution in [0.25, 0.3) is 0 Å². The fraction of sp³-hybridized carbons (Fsp3) is 0.921. The Bertz CT molecular complexity index is 736. The molecule has 0 fully saturated rings. The van der Waals surface area contributed by atoms with E-state index in [0.717, 1.165) is 109 Å². The van der Waals surface area contributed by atoms with Crippen molar-refractivity contribution in [2.24, 2.45) is 0 Å². The predicted molar refractivity (Wildman–Crippen MR) is 189 cm³/mol. The topological polar surface area (TPSA) is 87.2 Å². The Morgan fingerprint density at radius 1 is 0.609 bits per heavy atom. The highest BCUT2D eigenvalue weighted by atomic mass is 19.1. The molecular formula is C38H73FN2O5.